The monoisotopic (exact) mass is 363 g/mol. The molecular formula is C14H8F3N7S. The molecule has 3 aromatic heterocycles. The number of rotatable bonds is 3. The van der Waals surface area contributed by atoms with Gasteiger partial charge in [-0.3, -0.25) is 0 Å². The first-order valence-electron chi connectivity index (χ1n) is 6.95. The number of nitrogens with zero attached hydrogens (tertiary/aromatic N) is 7. The summed E-state index contributed by atoms with van der Waals surface area (Å²) in [5.74, 6) is -1.17. The van der Waals surface area contributed by atoms with Crippen LogP contribution in [0.25, 0.3) is 11.3 Å². The number of fused-ring (bicyclic) bond motifs is 1. The van der Waals surface area contributed by atoms with Crippen molar-refractivity contribution >= 4 is 17.4 Å². The van der Waals surface area contributed by atoms with Crippen LogP contribution in [-0.4, -0.2) is 34.6 Å². The van der Waals surface area contributed by atoms with Gasteiger partial charge in [0, 0.05) is 0 Å². The third-order valence-corrected chi connectivity index (χ3v) is 3.98. The molecule has 3 heterocycles. The van der Waals surface area contributed by atoms with Crippen molar-refractivity contribution in [2.24, 2.45) is 0 Å². The second kappa shape index (κ2) is 5.84. The van der Waals surface area contributed by atoms with E-state index in [1.165, 1.54) is 18.5 Å². The van der Waals surface area contributed by atoms with E-state index in [2.05, 4.69) is 25.4 Å². The largest absolute Gasteiger partial charge is 0.453 e. The molecule has 4 aromatic rings. The van der Waals surface area contributed by atoms with E-state index in [1.807, 2.05) is 30.3 Å². The molecule has 11 heteroatoms. The topological polar surface area (TPSA) is 73.8 Å². The van der Waals surface area contributed by atoms with E-state index in [9.17, 15) is 13.2 Å². The second-order valence-corrected chi connectivity index (χ2v) is 5.86. The average molecular weight is 363 g/mol. The van der Waals surface area contributed by atoms with E-state index in [0.717, 1.165) is 17.4 Å². The van der Waals surface area contributed by atoms with Gasteiger partial charge in [-0.25, -0.2) is 9.67 Å². The standard InChI is InChI=1S/C14H8F3N7S/c15-14(16,17)12-20-19-10-6-7-11(21-24(10)12)25-13-18-8-23(22-13)9-4-2-1-3-5-9/h1-8H. The van der Waals surface area contributed by atoms with Crippen LogP contribution in [0.5, 0.6) is 0 Å². The maximum absolute atomic E-state index is 12.9. The molecule has 1 aromatic carbocycles. The molecule has 0 spiro atoms. The van der Waals surface area contributed by atoms with Gasteiger partial charge in [0.2, 0.25) is 5.16 Å². The predicted molar refractivity (Wildman–Crippen MR) is 81.3 cm³/mol. The van der Waals surface area contributed by atoms with Crippen molar-refractivity contribution in [3.8, 4) is 5.69 Å². The number of halogens is 3. The quantitative estimate of drug-likeness (QED) is 0.557. The van der Waals surface area contributed by atoms with Crippen LogP contribution in [0.15, 0.2) is 59.0 Å². The van der Waals surface area contributed by atoms with Gasteiger partial charge < -0.3 is 0 Å². The SMILES string of the molecule is FC(F)(F)c1nnc2ccc(Sc3ncn(-c4ccccc4)n3)nn12. The molecular weight excluding hydrogens is 355 g/mol. The minimum atomic E-state index is -4.64. The molecule has 0 amide bonds. The average Bonchev–Trinajstić information content (AvgIpc) is 3.22. The zero-order valence-corrected chi connectivity index (χ0v) is 13.1. The summed E-state index contributed by atoms with van der Waals surface area (Å²) in [5, 5.41) is 15.5. The summed E-state index contributed by atoms with van der Waals surface area (Å²) >= 11 is 1.04. The Labute approximate surface area is 142 Å². The van der Waals surface area contributed by atoms with Gasteiger partial charge in [-0.05, 0) is 36.0 Å². The fraction of sp³-hybridized carbons (Fsp3) is 0.0714. The molecule has 4 rings (SSSR count). The van der Waals surface area contributed by atoms with E-state index in [1.54, 1.807) is 4.68 Å². The third-order valence-electron chi connectivity index (χ3n) is 3.18. The van der Waals surface area contributed by atoms with E-state index in [4.69, 9.17) is 0 Å². The lowest BCUT2D eigenvalue weighted by molar-refractivity contribution is -0.146. The van der Waals surface area contributed by atoms with Gasteiger partial charge in [0.15, 0.2) is 5.65 Å². The second-order valence-electron chi connectivity index (χ2n) is 4.87. The van der Waals surface area contributed by atoms with Crippen LogP contribution < -0.4 is 0 Å². The molecule has 0 radical (unpaired) electrons. The van der Waals surface area contributed by atoms with E-state index >= 15 is 0 Å². The zero-order valence-electron chi connectivity index (χ0n) is 12.3. The normalized spacial score (nSPS) is 12.0. The fourth-order valence-corrected chi connectivity index (χ4v) is 2.77. The van der Waals surface area contributed by atoms with Crippen LogP contribution in [0.2, 0.25) is 0 Å². The Morgan fingerprint density at radius 3 is 2.48 bits per heavy atom. The molecule has 126 valence electrons. The predicted octanol–water partition coefficient (Wildman–Crippen LogP) is 2.88. The first-order chi connectivity index (χ1) is 12.0. The summed E-state index contributed by atoms with van der Waals surface area (Å²) in [4.78, 5) is 4.14. The summed E-state index contributed by atoms with van der Waals surface area (Å²) in [7, 11) is 0. The van der Waals surface area contributed by atoms with Gasteiger partial charge in [0.25, 0.3) is 5.82 Å². The number of aromatic nitrogens is 7. The van der Waals surface area contributed by atoms with E-state index in [0.29, 0.717) is 14.7 Å². The van der Waals surface area contributed by atoms with Gasteiger partial charge in [-0.1, -0.05) is 18.2 Å². The van der Waals surface area contributed by atoms with Crippen LogP contribution >= 0.6 is 11.8 Å². The number of para-hydroxylation sites is 1. The van der Waals surface area contributed by atoms with Crippen molar-refractivity contribution in [2.45, 2.75) is 16.4 Å². The Morgan fingerprint density at radius 1 is 0.920 bits per heavy atom. The van der Waals surface area contributed by atoms with E-state index < -0.39 is 12.0 Å². The lowest BCUT2D eigenvalue weighted by Gasteiger charge is -2.03. The highest BCUT2D eigenvalue weighted by Crippen LogP contribution is 2.29. The maximum atomic E-state index is 12.9. The van der Waals surface area contributed by atoms with Crippen LogP contribution in [0, 0.1) is 0 Å². The molecule has 7 nitrogen and oxygen atoms in total. The van der Waals surface area contributed by atoms with Crippen molar-refractivity contribution < 1.29 is 13.2 Å². The van der Waals surface area contributed by atoms with Crippen LogP contribution in [-0.2, 0) is 6.18 Å². The smallest absolute Gasteiger partial charge is 0.220 e. The Bertz CT molecular complexity index is 1030. The Kier molecular flexibility index (Phi) is 3.64. The van der Waals surface area contributed by atoms with Crippen LogP contribution in [0.1, 0.15) is 5.82 Å². The van der Waals surface area contributed by atoms with Crippen molar-refractivity contribution in [1.29, 1.82) is 0 Å². The molecule has 0 aliphatic heterocycles. The minimum Gasteiger partial charge on any atom is -0.220 e. The zero-order chi connectivity index (χ0) is 17.4. The number of benzene rings is 1. The molecule has 0 atom stereocenters. The highest BCUT2D eigenvalue weighted by molar-refractivity contribution is 7.99. The molecule has 0 aliphatic rings. The Morgan fingerprint density at radius 2 is 1.72 bits per heavy atom. The summed E-state index contributed by atoms with van der Waals surface area (Å²) in [5.41, 5.74) is 0.836. The lowest BCUT2D eigenvalue weighted by atomic mass is 10.3. The molecule has 0 saturated heterocycles. The highest BCUT2D eigenvalue weighted by Gasteiger charge is 2.37. The first kappa shape index (κ1) is 15.6. The molecule has 0 saturated carbocycles. The van der Waals surface area contributed by atoms with Gasteiger partial charge in [0.1, 0.15) is 11.4 Å². The van der Waals surface area contributed by atoms with E-state index in [-0.39, 0.29) is 5.65 Å². The van der Waals surface area contributed by atoms with Gasteiger partial charge in [-0.2, -0.15) is 22.8 Å². The molecule has 0 aliphatic carbocycles. The third kappa shape index (κ3) is 3.05. The number of hydrogen-bond donors (Lipinski definition) is 0. The summed E-state index contributed by atoms with van der Waals surface area (Å²) in [6.07, 6.45) is -3.11. The number of hydrogen-bond acceptors (Lipinski definition) is 6. The van der Waals surface area contributed by atoms with Crippen molar-refractivity contribution in [1.82, 2.24) is 34.6 Å². The minimum absolute atomic E-state index is 0.0134. The maximum Gasteiger partial charge on any atom is 0.453 e. The van der Waals surface area contributed by atoms with Gasteiger partial charge in [-0.15, -0.1) is 15.3 Å². The van der Waals surface area contributed by atoms with Gasteiger partial charge in [0.05, 0.1) is 5.69 Å². The molecule has 0 bridgehead atoms. The van der Waals surface area contributed by atoms with Crippen molar-refractivity contribution in [2.75, 3.05) is 0 Å². The Hall–Kier alpha value is -2.95. The van der Waals surface area contributed by atoms with Crippen LogP contribution in [0.3, 0.4) is 0 Å². The molecule has 0 fully saturated rings. The molecule has 0 unspecified atom stereocenters. The summed E-state index contributed by atoms with van der Waals surface area (Å²) in [6, 6.07) is 12.3. The summed E-state index contributed by atoms with van der Waals surface area (Å²) in [6.45, 7) is 0. The van der Waals surface area contributed by atoms with Crippen molar-refractivity contribution in [3.63, 3.8) is 0 Å². The highest BCUT2D eigenvalue weighted by atomic mass is 32.2. The van der Waals surface area contributed by atoms with Crippen LogP contribution in [0.4, 0.5) is 13.2 Å². The first-order valence-corrected chi connectivity index (χ1v) is 7.77. The van der Waals surface area contributed by atoms with Crippen molar-refractivity contribution in [3.05, 3.63) is 54.6 Å². The summed E-state index contributed by atoms with van der Waals surface area (Å²) < 4.78 is 40.9. The van der Waals surface area contributed by atoms with Gasteiger partial charge >= 0.3 is 6.18 Å². The Balaban J connectivity index is 1.64. The molecule has 0 N–H and O–H groups in total. The fourth-order valence-electron chi connectivity index (χ4n) is 2.10. The molecule has 25 heavy (non-hydrogen) atoms. The number of alkyl halides is 3. The lowest BCUT2D eigenvalue weighted by Crippen LogP contribution is -2.12.